The van der Waals surface area contributed by atoms with Crippen molar-refractivity contribution in [2.75, 3.05) is 11.1 Å². The van der Waals surface area contributed by atoms with Crippen LogP contribution in [0.2, 0.25) is 0 Å². The lowest BCUT2D eigenvalue weighted by Gasteiger charge is -2.19. The summed E-state index contributed by atoms with van der Waals surface area (Å²) in [4.78, 5) is 12.3. The van der Waals surface area contributed by atoms with E-state index < -0.39 is 0 Å². The van der Waals surface area contributed by atoms with Gasteiger partial charge in [0.15, 0.2) is 0 Å². The Kier molecular flexibility index (Phi) is 5.66. The fourth-order valence-corrected chi connectivity index (χ4v) is 3.09. The van der Waals surface area contributed by atoms with Crippen LogP contribution in [0.1, 0.15) is 54.1 Å². The van der Waals surface area contributed by atoms with Gasteiger partial charge in [-0.3, -0.25) is 9.48 Å². The Hall–Kier alpha value is -2.01. The van der Waals surface area contributed by atoms with Gasteiger partial charge in [0, 0.05) is 24.7 Å². The second-order valence-corrected chi connectivity index (χ2v) is 5.95. The first-order valence-corrected chi connectivity index (χ1v) is 7.85. The number of aromatic nitrogens is 2. The van der Waals surface area contributed by atoms with Gasteiger partial charge >= 0.3 is 0 Å². The zero-order valence-corrected chi connectivity index (χ0v) is 14.1. The zero-order chi connectivity index (χ0) is 15.5. The molecule has 1 aliphatic rings. The molecule has 1 fully saturated rings. The van der Waals surface area contributed by atoms with E-state index in [1.165, 1.54) is 32.1 Å². The standard InChI is InChI=1S/C17H22N4O.ClH/c1-21-16(11-15(20-21)12-7-3-2-4-8-12)19-17(22)13-9-5-6-10-14(13)18;/h5-6,9-12H,2-4,7-8,18H2,1H3,(H,19,22);1H. The Morgan fingerprint density at radius 2 is 1.96 bits per heavy atom. The van der Waals surface area contributed by atoms with Gasteiger partial charge in [0.2, 0.25) is 0 Å². The number of nitrogens with zero attached hydrogens (tertiary/aromatic N) is 2. The number of carbonyl (C=O) groups excluding carboxylic acids is 1. The minimum absolute atomic E-state index is 0. The topological polar surface area (TPSA) is 72.9 Å². The third-order valence-corrected chi connectivity index (χ3v) is 4.37. The lowest BCUT2D eigenvalue weighted by molar-refractivity contribution is 0.102. The van der Waals surface area contributed by atoms with Crippen molar-refractivity contribution in [3.05, 3.63) is 41.6 Å². The van der Waals surface area contributed by atoms with Gasteiger partial charge < -0.3 is 11.1 Å². The molecule has 1 aromatic heterocycles. The molecule has 0 bridgehead atoms. The van der Waals surface area contributed by atoms with Crippen LogP contribution < -0.4 is 11.1 Å². The number of nitrogens with one attached hydrogen (secondary N) is 1. The molecule has 0 radical (unpaired) electrons. The van der Waals surface area contributed by atoms with Gasteiger partial charge in [0.05, 0.1) is 11.3 Å². The highest BCUT2D eigenvalue weighted by atomic mass is 35.5. The molecule has 0 aliphatic heterocycles. The maximum absolute atomic E-state index is 12.3. The summed E-state index contributed by atoms with van der Waals surface area (Å²) < 4.78 is 1.74. The zero-order valence-electron chi connectivity index (χ0n) is 13.3. The van der Waals surface area contributed by atoms with Crippen molar-refractivity contribution in [1.82, 2.24) is 9.78 Å². The molecule has 0 unspecified atom stereocenters. The van der Waals surface area contributed by atoms with Gasteiger partial charge in [0.1, 0.15) is 5.82 Å². The fraction of sp³-hybridized carbons (Fsp3) is 0.412. The van der Waals surface area contributed by atoms with Crippen molar-refractivity contribution in [3.8, 4) is 0 Å². The van der Waals surface area contributed by atoms with Gasteiger partial charge in [-0.2, -0.15) is 5.10 Å². The molecule has 1 aliphatic carbocycles. The lowest BCUT2D eigenvalue weighted by Crippen LogP contribution is -2.16. The van der Waals surface area contributed by atoms with E-state index in [9.17, 15) is 4.79 Å². The first-order chi connectivity index (χ1) is 10.6. The van der Waals surface area contributed by atoms with E-state index in [1.54, 1.807) is 16.8 Å². The van der Waals surface area contributed by atoms with E-state index in [0.29, 0.717) is 23.0 Å². The number of carbonyl (C=O) groups is 1. The fourth-order valence-electron chi connectivity index (χ4n) is 3.09. The number of hydrogen-bond donors (Lipinski definition) is 2. The normalized spacial score (nSPS) is 15.0. The van der Waals surface area contributed by atoms with E-state index in [4.69, 9.17) is 5.73 Å². The largest absolute Gasteiger partial charge is 0.398 e. The Bertz CT molecular complexity index is 677. The second kappa shape index (κ2) is 7.51. The van der Waals surface area contributed by atoms with Gasteiger partial charge in [-0.05, 0) is 25.0 Å². The molecule has 0 saturated heterocycles. The number of nitrogen functional groups attached to an aromatic ring is 1. The lowest BCUT2D eigenvalue weighted by atomic mass is 9.87. The van der Waals surface area contributed by atoms with E-state index in [-0.39, 0.29) is 18.3 Å². The molecule has 5 nitrogen and oxygen atoms in total. The van der Waals surface area contributed by atoms with Crippen LogP contribution in [0.4, 0.5) is 11.5 Å². The summed E-state index contributed by atoms with van der Waals surface area (Å²) in [6, 6.07) is 9.07. The van der Waals surface area contributed by atoms with Gasteiger partial charge in [-0.25, -0.2) is 0 Å². The summed E-state index contributed by atoms with van der Waals surface area (Å²) in [5.74, 6) is 1.04. The summed E-state index contributed by atoms with van der Waals surface area (Å²) in [5, 5.41) is 7.48. The van der Waals surface area contributed by atoms with Crippen molar-refractivity contribution >= 4 is 29.8 Å². The number of amides is 1. The van der Waals surface area contributed by atoms with Crippen molar-refractivity contribution in [2.45, 2.75) is 38.0 Å². The average molecular weight is 335 g/mol. The van der Waals surface area contributed by atoms with Crippen LogP contribution in [0.15, 0.2) is 30.3 Å². The maximum atomic E-state index is 12.3. The molecule has 3 N–H and O–H groups in total. The molecular formula is C17H23ClN4O. The predicted molar refractivity (Wildman–Crippen MR) is 95.1 cm³/mol. The van der Waals surface area contributed by atoms with Crippen LogP contribution >= 0.6 is 12.4 Å². The molecule has 2 aromatic rings. The van der Waals surface area contributed by atoms with Gasteiger partial charge in [0.25, 0.3) is 5.91 Å². The molecular weight excluding hydrogens is 312 g/mol. The monoisotopic (exact) mass is 334 g/mol. The molecule has 1 aromatic carbocycles. The first-order valence-electron chi connectivity index (χ1n) is 7.85. The third kappa shape index (κ3) is 3.85. The molecule has 0 spiro atoms. The third-order valence-electron chi connectivity index (χ3n) is 4.37. The summed E-state index contributed by atoms with van der Waals surface area (Å²) in [5.41, 5.74) is 7.90. The summed E-state index contributed by atoms with van der Waals surface area (Å²) in [7, 11) is 1.86. The van der Waals surface area contributed by atoms with Crippen LogP contribution in [0.5, 0.6) is 0 Å². The predicted octanol–water partition coefficient (Wildman–Crippen LogP) is 3.72. The van der Waals surface area contributed by atoms with E-state index in [0.717, 1.165) is 5.69 Å². The molecule has 1 heterocycles. The minimum Gasteiger partial charge on any atom is -0.398 e. The summed E-state index contributed by atoms with van der Waals surface area (Å²) in [6.07, 6.45) is 6.24. The van der Waals surface area contributed by atoms with Crippen molar-refractivity contribution in [1.29, 1.82) is 0 Å². The molecule has 1 amide bonds. The average Bonchev–Trinajstić information content (AvgIpc) is 2.89. The number of halogens is 1. The summed E-state index contributed by atoms with van der Waals surface area (Å²) >= 11 is 0. The number of aryl methyl sites for hydroxylation is 1. The van der Waals surface area contributed by atoms with Crippen molar-refractivity contribution < 1.29 is 4.79 Å². The number of rotatable bonds is 3. The second-order valence-electron chi connectivity index (χ2n) is 5.95. The van der Waals surface area contributed by atoms with E-state index in [2.05, 4.69) is 10.4 Å². The van der Waals surface area contributed by atoms with Crippen molar-refractivity contribution in [2.24, 2.45) is 7.05 Å². The first kappa shape index (κ1) is 17.3. The highest BCUT2D eigenvalue weighted by Crippen LogP contribution is 2.32. The minimum atomic E-state index is -0.198. The highest BCUT2D eigenvalue weighted by Gasteiger charge is 2.20. The highest BCUT2D eigenvalue weighted by molar-refractivity contribution is 6.07. The number of nitrogens with two attached hydrogens (primary N) is 1. The van der Waals surface area contributed by atoms with E-state index >= 15 is 0 Å². The smallest absolute Gasteiger partial charge is 0.258 e. The quantitative estimate of drug-likeness (QED) is 0.840. The van der Waals surface area contributed by atoms with Crippen molar-refractivity contribution in [3.63, 3.8) is 0 Å². The Balaban J connectivity index is 0.00000192. The van der Waals surface area contributed by atoms with Crippen LogP contribution in [0, 0.1) is 0 Å². The molecule has 6 heteroatoms. The number of para-hydroxylation sites is 1. The SMILES string of the molecule is Cl.Cn1nc(C2CCCCC2)cc1NC(=O)c1ccccc1N. The van der Waals surface area contributed by atoms with Crippen LogP contribution in [-0.2, 0) is 7.05 Å². The molecule has 3 rings (SSSR count). The van der Waals surface area contributed by atoms with Gasteiger partial charge in [-0.15, -0.1) is 12.4 Å². The molecule has 124 valence electrons. The number of anilines is 2. The number of benzene rings is 1. The van der Waals surface area contributed by atoms with Gasteiger partial charge in [-0.1, -0.05) is 31.4 Å². The van der Waals surface area contributed by atoms with Crippen LogP contribution in [0.3, 0.4) is 0 Å². The van der Waals surface area contributed by atoms with E-state index in [1.807, 2.05) is 25.2 Å². The molecule has 0 atom stereocenters. The maximum Gasteiger partial charge on any atom is 0.258 e. The van der Waals surface area contributed by atoms with Crippen LogP contribution in [-0.4, -0.2) is 15.7 Å². The number of hydrogen-bond acceptors (Lipinski definition) is 3. The molecule has 1 saturated carbocycles. The Morgan fingerprint density at radius 3 is 2.65 bits per heavy atom. The van der Waals surface area contributed by atoms with Crippen LogP contribution in [0.25, 0.3) is 0 Å². The Morgan fingerprint density at radius 1 is 1.26 bits per heavy atom. The Labute approximate surface area is 142 Å². The summed E-state index contributed by atoms with van der Waals surface area (Å²) in [6.45, 7) is 0. The molecule has 23 heavy (non-hydrogen) atoms.